The van der Waals surface area contributed by atoms with E-state index in [0.29, 0.717) is 40.4 Å². The molecule has 10 rings (SSSR count). The summed E-state index contributed by atoms with van der Waals surface area (Å²) in [5.74, 6) is 1.30. The predicted octanol–water partition coefficient (Wildman–Crippen LogP) is 8.70. The standard InChI is InChI=1S/C21H21F3N4O.C16H14F3N3.C4H9N/c22-21(23,24)14-4-1-3-13(11-14)17-7-8-18-19(26-17)28(16-9-10-27(18)12-16)20(29)25-15-5-2-6-15;17-16(18,19)11-3-1-2-10(8-11)13-4-5-14-15(21-13)20-12-6-7-22(14)9-12;5-4-2-1-3-4/h1,3-4,7-8,11,15-16H,2,5-6,9-10,12H2,(H,25,29);1-5,8,12H,6-7,9H2,(H,20,21);4H,1-3,5H2/t16-;12-;/m00./s1. The maximum Gasteiger partial charge on any atom is 0.416 e. The summed E-state index contributed by atoms with van der Waals surface area (Å²) in [6.07, 6.45) is 0.152. The van der Waals surface area contributed by atoms with Crippen LogP contribution in [0.1, 0.15) is 62.5 Å². The quantitative estimate of drug-likeness (QED) is 0.179. The normalized spacial score (nSPS) is 20.9. The molecular formula is C41H44F6N8O. The summed E-state index contributed by atoms with van der Waals surface area (Å²) in [5, 5.41) is 6.45. The van der Waals surface area contributed by atoms with Crippen molar-refractivity contribution in [2.75, 3.05) is 46.2 Å². The van der Waals surface area contributed by atoms with Gasteiger partial charge in [-0.2, -0.15) is 26.3 Å². The van der Waals surface area contributed by atoms with E-state index >= 15 is 0 Å². The van der Waals surface area contributed by atoms with Crippen molar-refractivity contribution in [3.05, 3.63) is 83.9 Å². The van der Waals surface area contributed by atoms with Gasteiger partial charge in [0.25, 0.3) is 0 Å². The van der Waals surface area contributed by atoms with Gasteiger partial charge in [0.1, 0.15) is 0 Å². The highest BCUT2D eigenvalue weighted by Crippen LogP contribution is 2.41. The van der Waals surface area contributed by atoms with Crippen molar-refractivity contribution >= 4 is 29.0 Å². The first-order chi connectivity index (χ1) is 26.8. The summed E-state index contributed by atoms with van der Waals surface area (Å²) in [6, 6.07) is 18.8. The number of hydrogen-bond donors (Lipinski definition) is 3. The van der Waals surface area contributed by atoms with Gasteiger partial charge >= 0.3 is 18.4 Å². The molecule has 2 amide bonds. The fourth-order valence-corrected chi connectivity index (χ4v) is 7.84. The number of nitrogens with zero attached hydrogens (tertiary/aromatic N) is 5. The number of urea groups is 1. The van der Waals surface area contributed by atoms with Crippen LogP contribution in [0.2, 0.25) is 0 Å². The van der Waals surface area contributed by atoms with Gasteiger partial charge in [-0.15, -0.1) is 0 Å². The van der Waals surface area contributed by atoms with Gasteiger partial charge in [0.2, 0.25) is 0 Å². The summed E-state index contributed by atoms with van der Waals surface area (Å²) >= 11 is 0. The zero-order valence-electron chi connectivity index (χ0n) is 30.7. The van der Waals surface area contributed by atoms with E-state index < -0.39 is 23.5 Å². The largest absolute Gasteiger partial charge is 0.416 e. The number of alkyl halides is 6. The highest BCUT2D eigenvalue weighted by atomic mass is 19.4. The lowest BCUT2D eigenvalue weighted by molar-refractivity contribution is -0.138. The first-order valence-corrected chi connectivity index (χ1v) is 19.3. The van der Waals surface area contributed by atoms with Crippen molar-refractivity contribution in [3.8, 4) is 22.5 Å². The number of aromatic nitrogens is 2. The van der Waals surface area contributed by atoms with Gasteiger partial charge in [-0.25, -0.2) is 14.8 Å². The molecule has 4 fully saturated rings. The van der Waals surface area contributed by atoms with Crippen molar-refractivity contribution in [1.29, 1.82) is 0 Å². The van der Waals surface area contributed by atoms with Gasteiger partial charge in [-0.1, -0.05) is 30.7 Å². The maximum absolute atomic E-state index is 13.1. The zero-order valence-corrected chi connectivity index (χ0v) is 30.7. The van der Waals surface area contributed by atoms with E-state index in [4.69, 9.17) is 5.73 Å². The van der Waals surface area contributed by atoms with Crippen LogP contribution in [-0.2, 0) is 12.4 Å². The molecule has 2 atom stereocenters. The molecule has 4 N–H and O–H groups in total. The Morgan fingerprint density at radius 2 is 1.29 bits per heavy atom. The molecule has 2 aliphatic carbocycles. The van der Waals surface area contributed by atoms with Crippen molar-refractivity contribution in [2.24, 2.45) is 5.73 Å². The number of anilines is 4. The van der Waals surface area contributed by atoms with Crippen molar-refractivity contribution in [2.45, 2.75) is 87.9 Å². The van der Waals surface area contributed by atoms with Crippen LogP contribution >= 0.6 is 0 Å². The minimum atomic E-state index is -4.41. The number of pyridine rings is 2. The molecule has 6 heterocycles. The molecule has 4 aromatic rings. The van der Waals surface area contributed by atoms with Gasteiger partial charge in [0.05, 0.1) is 39.9 Å². The second-order valence-electron chi connectivity index (χ2n) is 15.4. The number of nitrogens with two attached hydrogens (primary N) is 1. The highest BCUT2D eigenvalue weighted by Gasteiger charge is 2.41. The maximum atomic E-state index is 13.1. The van der Waals surface area contributed by atoms with Crippen LogP contribution in [0.4, 0.5) is 54.1 Å². The van der Waals surface area contributed by atoms with Crippen molar-refractivity contribution in [1.82, 2.24) is 15.3 Å². The predicted molar refractivity (Wildman–Crippen MR) is 205 cm³/mol. The van der Waals surface area contributed by atoms with E-state index in [1.54, 1.807) is 29.2 Å². The Balaban J connectivity index is 0.000000144. The van der Waals surface area contributed by atoms with Crippen LogP contribution in [-0.4, -0.2) is 66.3 Å². The lowest BCUT2D eigenvalue weighted by atomic mass is 9.93. The number of fused-ring (bicyclic) bond motifs is 8. The summed E-state index contributed by atoms with van der Waals surface area (Å²) < 4.78 is 77.8. The molecular weight excluding hydrogens is 734 g/mol. The Bertz CT molecular complexity index is 2070. The fourth-order valence-electron chi connectivity index (χ4n) is 7.84. The van der Waals surface area contributed by atoms with Crippen LogP contribution in [0.3, 0.4) is 0 Å². The number of carbonyl (C=O) groups excluding carboxylic acids is 1. The van der Waals surface area contributed by atoms with E-state index in [0.717, 1.165) is 99.7 Å². The smallest absolute Gasteiger partial charge is 0.366 e. The van der Waals surface area contributed by atoms with Crippen LogP contribution in [0.15, 0.2) is 72.8 Å². The fraction of sp³-hybridized carbons (Fsp3) is 0.439. The first-order valence-electron chi connectivity index (χ1n) is 19.3. The molecule has 0 spiro atoms. The van der Waals surface area contributed by atoms with Gasteiger partial charge < -0.3 is 26.2 Å². The minimum Gasteiger partial charge on any atom is -0.366 e. The average molecular weight is 779 g/mol. The molecule has 0 radical (unpaired) electrons. The number of rotatable bonds is 3. The minimum absolute atomic E-state index is 0.0341. The molecule has 2 aromatic heterocycles. The van der Waals surface area contributed by atoms with E-state index in [1.165, 1.54) is 31.4 Å². The third-order valence-electron chi connectivity index (χ3n) is 11.5. The summed E-state index contributed by atoms with van der Waals surface area (Å²) in [5.41, 5.74) is 7.76. The lowest BCUT2D eigenvalue weighted by Gasteiger charge is -2.38. The second kappa shape index (κ2) is 15.1. The first kappa shape index (κ1) is 37.9. The molecule has 296 valence electrons. The van der Waals surface area contributed by atoms with Crippen molar-refractivity contribution in [3.63, 3.8) is 0 Å². The summed E-state index contributed by atoms with van der Waals surface area (Å²) in [7, 11) is 0. The van der Waals surface area contributed by atoms with Gasteiger partial charge in [-0.05, 0) is 93.5 Å². The number of carbonyl (C=O) groups is 1. The van der Waals surface area contributed by atoms with Crippen molar-refractivity contribution < 1.29 is 31.1 Å². The Morgan fingerprint density at radius 1 is 0.714 bits per heavy atom. The number of hydrogen-bond acceptors (Lipinski definition) is 7. The third kappa shape index (κ3) is 7.95. The zero-order chi connectivity index (χ0) is 39.2. The Kier molecular flexibility index (Phi) is 10.2. The molecule has 6 aliphatic rings. The SMILES string of the molecule is FC(F)(F)c1cccc(-c2ccc3c(n2)N[C@H]2CCN3C2)c1.NC1CCC1.O=C(NC1CCC1)N1c2nc(-c3cccc(C(F)(F)F)c3)ccc2N2CC[C@H]1C2. The van der Waals surface area contributed by atoms with E-state index in [-0.39, 0.29) is 18.1 Å². The van der Waals surface area contributed by atoms with E-state index in [2.05, 4.69) is 30.4 Å². The van der Waals surface area contributed by atoms with Crippen LogP contribution < -0.4 is 31.1 Å². The van der Waals surface area contributed by atoms with Gasteiger partial charge in [-0.3, -0.25) is 4.90 Å². The highest BCUT2D eigenvalue weighted by molar-refractivity contribution is 5.97. The van der Waals surface area contributed by atoms with E-state index in [9.17, 15) is 31.1 Å². The molecule has 15 heteroatoms. The Morgan fingerprint density at radius 3 is 1.86 bits per heavy atom. The van der Waals surface area contributed by atoms with Crippen LogP contribution in [0.25, 0.3) is 22.5 Å². The molecule has 2 saturated heterocycles. The summed E-state index contributed by atoms with van der Waals surface area (Å²) in [6.45, 7) is 3.57. The number of amides is 2. The number of halogens is 6. The average Bonchev–Trinajstić information content (AvgIpc) is 3.76. The number of nitrogens with one attached hydrogen (secondary N) is 2. The molecule has 2 aromatic carbocycles. The Hall–Kier alpha value is -5.05. The van der Waals surface area contributed by atoms with Gasteiger partial charge in [0, 0.05) is 55.4 Å². The molecule has 2 saturated carbocycles. The third-order valence-corrected chi connectivity index (χ3v) is 11.5. The monoisotopic (exact) mass is 778 g/mol. The molecule has 56 heavy (non-hydrogen) atoms. The summed E-state index contributed by atoms with van der Waals surface area (Å²) in [4.78, 5) is 28.3. The van der Waals surface area contributed by atoms with Crippen LogP contribution in [0.5, 0.6) is 0 Å². The lowest BCUT2D eigenvalue weighted by Crippen LogP contribution is -2.54. The molecule has 4 aliphatic heterocycles. The second-order valence-corrected chi connectivity index (χ2v) is 15.4. The number of benzene rings is 2. The molecule has 0 unspecified atom stereocenters. The Labute approximate surface area is 321 Å². The molecule has 9 nitrogen and oxygen atoms in total. The topological polar surface area (TPSA) is 103 Å². The van der Waals surface area contributed by atoms with Gasteiger partial charge in [0.15, 0.2) is 11.6 Å². The molecule has 4 bridgehead atoms. The van der Waals surface area contributed by atoms with E-state index in [1.807, 2.05) is 12.1 Å². The van der Waals surface area contributed by atoms with Crippen LogP contribution in [0, 0.1) is 0 Å².